The summed E-state index contributed by atoms with van der Waals surface area (Å²) in [4.78, 5) is 14.3. The fourth-order valence-corrected chi connectivity index (χ4v) is 3.16. The van der Waals surface area contributed by atoms with Gasteiger partial charge in [-0.3, -0.25) is 0 Å². The molecule has 2 rings (SSSR count). The third kappa shape index (κ3) is 6.13. The van der Waals surface area contributed by atoms with Gasteiger partial charge in [0.05, 0.1) is 0 Å². The summed E-state index contributed by atoms with van der Waals surface area (Å²) < 4.78 is 5.30. The predicted molar refractivity (Wildman–Crippen MR) is 89.1 cm³/mol. The van der Waals surface area contributed by atoms with Crippen molar-refractivity contribution in [2.24, 2.45) is 0 Å². The first-order chi connectivity index (χ1) is 10.4. The van der Waals surface area contributed by atoms with Crippen LogP contribution in [0, 0.1) is 0 Å². The number of nitrogens with one attached hydrogen (secondary N) is 2. The largest absolute Gasteiger partial charge is 0.444 e. The van der Waals surface area contributed by atoms with Gasteiger partial charge in [0, 0.05) is 18.1 Å². The van der Waals surface area contributed by atoms with Crippen LogP contribution in [-0.2, 0) is 4.74 Å². The SMILES string of the molecule is CCCN1CCCC(NC2CC2NC(=O)OC(C)(C)C)CC1. The molecule has 0 aromatic carbocycles. The van der Waals surface area contributed by atoms with E-state index in [1.807, 2.05) is 20.8 Å². The van der Waals surface area contributed by atoms with E-state index in [1.165, 1.54) is 45.3 Å². The molecule has 3 atom stereocenters. The predicted octanol–water partition coefficient (Wildman–Crippen LogP) is 2.51. The Balaban J connectivity index is 1.65. The third-order valence-corrected chi connectivity index (χ3v) is 4.30. The number of nitrogens with zero attached hydrogens (tertiary/aromatic N) is 1. The van der Waals surface area contributed by atoms with E-state index >= 15 is 0 Å². The van der Waals surface area contributed by atoms with Crippen LogP contribution in [0.5, 0.6) is 0 Å². The van der Waals surface area contributed by atoms with Gasteiger partial charge < -0.3 is 20.3 Å². The van der Waals surface area contributed by atoms with Gasteiger partial charge >= 0.3 is 6.09 Å². The number of carbonyl (C=O) groups is 1. The normalized spacial score (nSPS) is 29.7. The van der Waals surface area contributed by atoms with Gasteiger partial charge in [-0.05, 0) is 72.5 Å². The molecule has 1 aliphatic heterocycles. The summed E-state index contributed by atoms with van der Waals surface area (Å²) in [6, 6.07) is 1.26. The Labute approximate surface area is 135 Å². The second-order valence-corrected chi connectivity index (χ2v) is 7.73. The molecule has 2 aliphatic rings. The molecule has 1 aliphatic carbocycles. The fraction of sp³-hybridized carbons (Fsp3) is 0.941. The maximum Gasteiger partial charge on any atom is 0.407 e. The zero-order valence-electron chi connectivity index (χ0n) is 14.7. The highest BCUT2D eigenvalue weighted by molar-refractivity contribution is 5.68. The Bertz CT molecular complexity index is 367. The van der Waals surface area contributed by atoms with Crippen LogP contribution in [0.1, 0.15) is 59.8 Å². The molecule has 1 saturated heterocycles. The number of alkyl carbamates (subject to hydrolysis) is 1. The van der Waals surface area contributed by atoms with Gasteiger partial charge in [-0.15, -0.1) is 0 Å². The molecule has 5 nitrogen and oxygen atoms in total. The lowest BCUT2D eigenvalue weighted by atomic mass is 10.1. The molecular formula is C17H33N3O2. The van der Waals surface area contributed by atoms with E-state index in [0.717, 1.165) is 6.42 Å². The van der Waals surface area contributed by atoms with Crippen molar-refractivity contribution < 1.29 is 9.53 Å². The van der Waals surface area contributed by atoms with E-state index in [2.05, 4.69) is 22.5 Å². The van der Waals surface area contributed by atoms with Crippen molar-refractivity contribution in [1.29, 1.82) is 0 Å². The first-order valence-electron chi connectivity index (χ1n) is 8.85. The van der Waals surface area contributed by atoms with E-state index in [1.54, 1.807) is 0 Å². The van der Waals surface area contributed by atoms with Crippen LogP contribution in [0.15, 0.2) is 0 Å². The van der Waals surface area contributed by atoms with E-state index in [4.69, 9.17) is 4.74 Å². The van der Waals surface area contributed by atoms with E-state index < -0.39 is 5.60 Å². The van der Waals surface area contributed by atoms with Crippen molar-refractivity contribution in [3.63, 3.8) is 0 Å². The van der Waals surface area contributed by atoms with Crippen molar-refractivity contribution in [1.82, 2.24) is 15.5 Å². The van der Waals surface area contributed by atoms with Crippen molar-refractivity contribution in [3.8, 4) is 0 Å². The summed E-state index contributed by atoms with van der Waals surface area (Å²) in [6.07, 6.45) is 5.70. The first kappa shape index (κ1) is 17.5. The minimum Gasteiger partial charge on any atom is -0.444 e. The summed E-state index contributed by atoms with van der Waals surface area (Å²) in [5.41, 5.74) is -0.425. The van der Waals surface area contributed by atoms with Gasteiger partial charge in [0.25, 0.3) is 0 Å². The fourth-order valence-electron chi connectivity index (χ4n) is 3.16. The summed E-state index contributed by atoms with van der Waals surface area (Å²) in [7, 11) is 0. The van der Waals surface area contributed by atoms with E-state index in [-0.39, 0.29) is 12.1 Å². The van der Waals surface area contributed by atoms with Gasteiger partial charge in [0.1, 0.15) is 5.60 Å². The molecule has 2 fully saturated rings. The van der Waals surface area contributed by atoms with Crippen LogP contribution < -0.4 is 10.6 Å². The average molecular weight is 311 g/mol. The highest BCUT2D eigenvalue weighted by Gasteiger charge is 2.40. The van der Waals surface area contributed by atoms with E-state index in [9.17, 15) is 4.79 Å². The third-order valence-electron chi connectivity index (χ3n) is 4.30. The highest BCUT2D eigenvalue weighted by Crippen LogP contribution is 2.24. The smallest absolute Gasteiger partial charge is 0.407 e. The number of amides is 1. The first-order valence-corrected chi connectivity index (χ1v) is 8.85. The second kappa shape index (κ2) is 7.64. The van der Waals surface area contributed by atoms with Gasteiger partial charge in [-0.1, -0.05) is 6.92 Å². The zero-order chi connectivity index (χ0) is 16.2. The second-order valence-electron chi connectivity index (χ2n) is 7.73. The summed E-state index contributed by atoms with van der Waals surface area (Å²) >= 11 is 0. The standard InChI is InChI=1S/C17H33N3O2/c1-5-9-20-10-6-7-13(8-11-20)18-14-12-15(14)19-16(21)22-17(2,3)4/h13-15,18H,5-12H2,1-4H3,(H,19,21). The quantitative estimate of drug-likeness (QED) is 0.819. The Kier molecular flexibility index (Phi) is 6.09. The molecule has 0 aromatic rings. The molecule has 1 amide bonds. The summed E-state index contributed by atoms with van der Waals surface area (Å²) in [6.45, 7) is 11.6. The molecule has 22 heavy (non-hydrogen) atoms. The average Bonchev–Trinajstić information content (AvgIpc) is 3.13. The maximum absolute atomic E-state index is 11.7. The molecule has 0 radical (unpaired) electrons. The lowest BCUT2D eigenvalue weighted by molar-refractivity contribution is 0.0521. The van der Waals surface area contributed by atoms with Crippen LogP contribution in [0.3, 0.4) is 0 Å². The van der Waals surface area contributed by atoms with Crippen molar-refractivity contribution in [2.75, 3.05) is 19.6 Å². The summed E-state index contributed by atoms with van der Waals surface area (Å²) in [5.74, 6) is 0. The van der Waals surface area contributed by atoms with Crippen LogP contribution >= 0.6 is 0 Å². The molecule has 1 saturated carbocycles. The molecule has 0 aromatic heterocycles. The molecule has 0 bridgehead atoms. The molecule has 0 spiro atoms. The maximum atomic E-state index is 11.7. The Morgan fingerprint density at radius 3 is 2.68 bits per heavy atom. The molecule has 2 N–H and O–H groups in total. The number of hydrogen-bond donors (Lipinski definition) is 2. The lowest BCUT2D eigenvalue weighted by Gasteiger charge is -2.21. The Morgan fingerprint density at radius 1 is 1.23 bits per heavy atom. The molecule has 1 heterocycles. The van der Waals surface area contributed by atoms with Crippen LogP contribution in [0.25, 0.3) is 0 Å². The van der Waals surface area contributed by atoms with Gasteiger partial charge in [-0.2, -0.15) is 0 Å². The number of likely N-dealkylation sites (tertiary alicyclic amines) is 1. The Morgan fingerprint density at radius 2 is 2.00 bits per heavy atom. The van der Waals surface area contributed by atoms with Gasteiger partial charge in [-0.25, -0.2) is 4.79 Å². The Hall–Kier alpha value is -0.810. The number of rotatable bonds is 5. The molecule has 3 unspecified atom stereocenters. The number of ether oxygens (including phenoxy) is 1. The van der Waals surface area contributed by atoms with Gasteiger partial charge in [0.2, 0.25) is 0 Å². The van der Waals surface area contributed by atoms with Crippen LogP contribution in [0.4, 0.5) is 4.79 Å². The van der Waals surface area contributed by atoms with Crippen LogP contribution in [-0.4, -0.2) is 54.4 Å². The molecule has 5 heteroatoms. The minimum atomic E-state index is -0.425. The van der Waals surface area contributed by atoms with Crippen molar-refractivity contribution in [3.05, 3.63) is 0 Å². The number of hydrogen-bond acceptors (Lipinski definition) is 4. The number of carbonyl (C=O) groups excluding carboxylic acids is 1. The minimum absolute atomic E-state index is 0.241. The van der Waals surface area contributed by atoms with Crippen LogP contribution in [0.2, 0.25) is 0 Å². The van der Waals surface area contributed by atoms with E-state index in [0.29, 0.717) is 12.1 Å². The molecular weight excluding hydrogens is 278 g/mol. The van der Waals surface area contributed by atoms with Crippen molar-refractivity contribution >= 4 is 6.09 Å². The van der Waals surface area contributed by atoms with Crippen molar-refractivity contribution in [2.45, 2.75) is 83.5 Å². The highest BCUT2D eigenvalue weighted by atomic mass is 16.6. The lowest BCUT2D eigenvalue weighted by Crippen LogP contribution is -2.39. The van der Waals surface area contributed by atoms with Gasteiger partial charge in [0.15, 0.2) is 0 Å². The summed E-state index contributed by atoms with van der Waals surface area (Å²) in [5, 5.41) is 6.68. The topological polar surface area (TPSA) is 53.6 Å². The zero-order valence-corrected chi connectivity index (χ0v) is 14.7. The molecule has 128 valence electrons. The monoisotopic (exact) mass is 311 g/mol.